The first-order valence-electron chi connectivity index (χ1n) is 8.84. The minimum atomic E-state index is -3.40. The molecule has 0 aliphatic rings. The lowest BCUT2D eigenvalue weighted by atomic mass is 10.2. The predicted octanol–water partition coefficient (Wildman–Crippen LogP) is 3.43. The van der Waals surface area contributed by atoms with E-state index >= 15 is 0 Å². The highest BCUT2D eigenvalue weighted by Gasteiger charge is 2.14. The molecule has 4 nitrogen and oxygen atoms in total. The van der Waals surface area contributed by atoms with Crippen LogP contribution < -0.4 is 4.72 Å². The largest absolute Gasteiger partial charge is 0.302 e. The molecule has 1 rings (SSSR count). The van der Waals surface area contributed by atoms with Crippen molar-refractivity contribution in [2.75, 3.05) is 26.2 Å². The van der Waals surface area contributed by atoms with E-state index in [0.717, 1.165) is 57.3 Å². The second-order valence-electron chi connectivity index (χ2n) is 5.94. The van der Waals surface area contributed by atoms with Crippen LogP contribution in [-0.4, -0.2) is 39.5 Å². The van der Waals surface area contributed by atoms with Gasteiger partial charge in [0.15, 0.2) is 0 Å². The number of benzene rings is 1. The van der Waals surface area contributed by atoms with Crippen LogP contribution in [0, 0.1) is 0 Å². The number of hydrogen-bond acceptors (Lipinski definition) is 3. The third-order valence-electron chi connectivity index (χ3n) is 4.02. The number of sulfonamides is 1. The molecule has 0 heterocycles. The van der Waals surface area contributed by atoms with Crippen molar-refractivity contribution in [1.82, 2.24) is 9.62 Å². The van der Waals surface area contributed by atoms with Crippen LogP contribution in [0.15, 0.2) is 29.2 Å². The lowest BCUT2D eigenvalue weighted by Crippen LogP contribution is -2.36. The molecule has 23 heavy (non-hydrogen) atoms. The maximum Gasteiger partial charge on any atom is 0.240 e. The van der Waals surface area contributed by atoms with Gasteiger partial charge in [0.25, 0.3) is 0 Å². The van der Waals surface area contributed by atoms with Gasteiger partial charge in [-0.05, 0) is 50.0 Å². The number of unbranched alkanes of at least 4 members (excludes halogenated alkanes) is 2. The van der Waals surface area contributed by atoms with E-state index in [-0.39, 0.29) is 0 Å². The van der Waals surface area contributed by atoms with Crippen LogP contribution in [0.2, 0.25) is 0 Å². The number of nitrogens with one attached hydrogen (secondary N) is 1. The molecule has 0 fully saturated rings. The van der Waals surface area contributed by atoms with Crippen LogP contribution in [0.25, 0.3) is 0 Å². The molecule has 1 aromatic rings. The average Bonchev–Trinajstić information content (AvgIpc) is 2.56. The summed E-state index contributed by atoms with van der Waals surface area (Å²) in [6.07, 6.45) is 5.57. The summed E-state index contributed by atoms with van der Waals surface area (Å²) in [5, 5.41) is 0. The van der Waals surface area contributed by atoms with Gasteiger partial charge in [0.2, 0.25) is 10.0 Å². The van der Waals surface area contributed by atoms with Gasteiger partial charge in [-0.2, -0.15) is 0 Å². The van der Waals surface area contributed by atoms with Crippen LogP contribution >= 0.6 is 0 Å². The zero-order valence-electron chi connectivity index (χ0n) is 14.8. The molecule has 5 heteroatoms. The minimum Gasteiger partial charge on any atom is -0.302 e. The van der Waals surface area contributed by atoms with Crippen molar-refractivity contribution in [3.8, 4) is 0 Å². The van der Waals surface area contributed by atoms with Crippen molar-refractivity contribution < 1.29 is 8.42 Å². The molecule has 0 aromatic heterocycles. The van der Waals surface area contributed by atoms with E-state index in [4.69, 9.17) is 0 Å². The van der Waals surface area contributed by atoms with E-state index in [1.54, 1.807) is 12.1 Å². The maximum atomic E-state index is 12.3. The predicted molar refractivity (Wildman–Crippen MR) is 97.3 cm³/mol. The number of hydrogen-bond donors (Lipinski definition) is 1. The number of rotatable bonds is 12. The molecule has 0 aliphatic carbocycles. The van der Waals surface area contributed by atoms with Crippen molar-refractivity contribution in [3.05, 3.63) is 29.8 Å². The Labute approximate surface area is 142 Å². The average molecular weight is 341 g/mol. The van der Waals surface area contributed by atoms with Gasteiger partial charge in [-0.25, -0.2) is 13.1 Å². The molecule has 0 saturated heterocycles. The first-order chi connectivity index (χ1) is 11.0. The Hall–Kier alpha value is -0.910. The Balaban J connectivity index is 2.52. The summed E-state index contributed by atoms with van der Waals surface area (Å²) in [4.78, 5) is 2.71. The highest BCUT2D eigenvalue weighted by atomic mass is 32.2. The second kappa shape index (κ2) is 10.8. The molecule has 132 valence electrons. The molecule has 0 unspecified atom stereocenters. The van der Waals surface area contributed by atoms with Gasteiger partial charge in [0.05, 0.1) is 4.90 Å². The van der Waals surface area contributed by atoms with Gasteiger partial charge >= 0.3 is 0 Å². The SMILES string of the molecule is CCCCN(CCCC)CCNS(=O)(=O)c1ccc(CC)cc1. The molecule has 1 aromatic carbocycles. The van der Waals surface area contributed by atoms with Crippen molar-refractivity contribution >= 4 is 10.0 Å². The molecule has 1 N–H and O–H groups in total. The fraction of sp³-hybridized carbons (Fsp3) is 0.667. The fourth-order valence-electron chi connectivity index (χ4n) is 2.42. The summed E-state index contributed by atoms with van der Waals surface area (Å²) in [6, 6.07) is 7.13. The third kappa shape index (κ3) is 7.46. The normalized spacial score (nSPS) is 12.0. The van der Waals surface area contributed by atoms with Crippen molar-refractivity contribution in [2.45, 2.75) is 57.8 Å². The molecule has 0 saturated carbocycles. The first-order valence-corrected chi connectivity index (χ1v) is 10.3. The van der Waals surface area contributed by atoms with E-state index in [1.807, 2.05) is 12.1 Å². The Bertz CT molecular complexity index is 518. The van der Waals surface area contributed by atoms with Crippen LogP contribution in [0.4, 0.5) is 0 Å². The molecule has 0 spiro atoms. The summed E-state index contributed by atoms with van der Waals surface area (Å²) in [5.74, 6) is 0. The van der Waals surface area contributed by atoms with E-state index in [1.165, 1.54) is 0 Å². The molecular weight excluding hydrogens is 308 g/mol. The van der Waals surface area contributed by atoms with Crippen LogP contribution in [-0.2, 0) is 16.4 Å². The zero-order chi connectivity index (χ0) is 17.1. The zero-order valence-corrected chi connectivity index (χ0v) is 15.7. The summed E-state index contributed by atoms with van der Waals surface area (Å²) >= 11 is 0. The Kier molecular flexibility index (Phi) is 9.44. The highest BCUT2D eigenvalue weighted by Crippen LogP contribution is 2.10. The van der Waals surface area contributed by atoms with Gasteiger partial charge in [-0.1, -0.05) is 45.7 Å². The smallest absolute Gasteiger partial charge is 0.240 e. The third-order valence-corrected chi connectivity index (χ3v) is 5.49. The molecule has 0 bridgehead atoms. The van der Waals surface area contributed by atoms with E-state index in [9.17, 15) is 8.42 Å². The first kappa shape index (κ1) is 20.1. The van der Waals surface area contributed by atoms with Crippen LogP contribution in [0.5, 0.6) is 0 Å². The Morgan fingerprint density at radius 2 is 1.48 bits per heavy atom. The van der Waals surface area contributed by atoms with E-state index < -0.39 is 10.0 Å². The van der Waals surface area contributed by atoms with Gasteiger partial charge in [0, 0.05) is 13.1 Å². The number of nitrogens with zero attached hydrogens (tertiary/aromatic N) is 1. The lowest BCUT2D eigenvalue weighted by molar-refractivity contribution is 0.269. The summed E-state index contributed by atoms with van der Waals surface area (Å²) in [7, 11) is -3.40. The Morgan fingerprint density at radius 3 is 1.96 bits per heavy atom. The Morgan fingerprint density at radius 1 is 0.913 bits per heavy atom. The summed E-state index contributed by atoms with van der Waals surface area (Å²) in [5.41, 5.74) is 1.15. The molecule has 0 amide bonds. The van der Waals surface area contributed by atoms with Gasteiger partial charge in [-0.3, -0.25) is 0 Å². The van der Waals surface area contributed by atoms with Crippen molar-refractivity contribution in [2.24, 2.45) is 0 Å². The second-order valence-corrected chi connectivity index (χ2v) is 7.71. The highest BCUT2D eigenvalue weighted by molar-refractivity contribution is 7.89. The van der Waals surface area contributed by atoms with Crippen LogP contribution in [0.3, 0.4) is 0 Å². The van der Waals surface area contributed by atoms with Crippen molar-refractivity contribution in [1.29, 1.82) is 0 Å². The fourth-order valence-corrected chi connectivity index (χ4v) is 3.45. The summed E-state index contributed by atoms with van der Waals surface area (Å²) < 4.78 is 27.4. The maximum absolute atomic E-state index is 12.3. The van der Waals surface area contributed by atoms with Crippen LogP contribution in [0.1, 0.15) is 52.0 Å². The van der Waals surface area contributed by atoms with Gasteiger partial charge in [-0.15, -0.1) is 0 Å². The molecule has 0 radical (unpaired) electrons. The minimum absolute atomic E-state index is 0.350. The van der Waals surface area contributed by atoms with E-state index in [0.29, 0.717) is 11.4 Å². The lowest BCUT2D eigenvalue weighted by Gasteiger charge is -2.22. The topological polar surface area (TPSA) is 49.4 Å². The molecule has 0 aliphatic heterocycles. The summed E-state index contributed by atoms with van der Waals surface area (Å²) in [6.45, 7) is 9.74. The standard InChI is InChI=1S/C18H32N2O2S/c1-4-7-14-20(15-8-5-2)16-13-19-23(21,22)18-11-9-17(6-3)10-12-18/h9-12,19H,4-8,13-16H2,1-3H3. The monoisotopic (exact) mass is 340 g/mol. The molecule has 0 atom stereocenters. The van der Waals surface area contributed by atoms with E-state index in [2.05, 4.69) is 30.4 Å². The quantitative estimate of drug-likeness (QED) is 0.634. The van der Waals surface area contributed by atoms with Gasteiger partial charge in [0.1, 0.15) is 0 Å². The molecular formula is C18H32N2O2S. The van der Waals surface area contributed by atoms with Crippen molar-refractivity contribution in [3.63, 3.8) is 0 Å². The number of aryl methyl sites for hydroxylation is 1. The van der Waals surface area contributed by atoms with Gasteiger partial charge < -0.3 is 4.90 Å².